The lowest BCUT2D eigenvalue weighted by molar-refractivity contribution is -0.126. The average Bonchev–Trinajstić information content (AvgIpc) is 2.81. The molecule has 3 rings (SSSR count). The minimum atomic E-state index is -0.773. The van der Waals surface area contributed by atoms with Crippen LogP contribution >= 0.6 is 22.9 Å². The highest BCUT2D eigenvalue weighted by atomic mass is 127. The first kappa shape index (κ1) is 28.2. The number of benzene rings is 1. The van der Waals surface area contributed by atoms with Crippen LogP contribution in [-0.4, -0.2) is 58.6 Å². The molecule has 2 aliphatic carbocycles. The van der Waals surface area contributed by atoms with Crippen molar-refractivity contribution in [2.45, 2.75) is 77.7 Å². The number of rotatable bonds is 10. The molecule has 0 aromatic heterocycles. The van der Waals surface area contributed by atoms with Crippen LogP contribution in [0.5, 0.6) is 0 Å². The summed E-state index contributed by atoms with van der Waals surface area (Å²) in [5.41, 5.74) is 6.39. The number of carbonyl (C=O) groups excluding carboxylic acids is 2. The highest BCUT2D eigenvalue weighted by Gasteiger charge is 2.46. The Bertz CT molecular complexity index is 861. The van der Waals surface area contributed by atoms with Gasteiger partial charge in [0.2, 0.25) is 5.91 Å². The molecular formula is C28H45IN4O2. The minimum Gasteiger partial charge on any atom is -0.369 e. The Hall–Kier alpha value is -1.35. The summed E-state index contributed by atoms with van der Waals surface area (Å²) in [5, 5.41) is 0. The Morgan fingerprint density at radius 1 is 1.09 bits per heavy atom. The number of carbonyl (C=O) groups is 2. The average molecular weight is 597 g/mol. The van der Waals surface area contributed by atoms with Crippen LogP contribution in [0.2, 0.25) is 0 Å². The maximum atomic E-state index is 13.7. The molecule has 0 bridgehead atoms. The van der Waals surface area contributed by atoms with Crippen LogP contribution < -0.4 is 5.73 Å². The molecule has 0 radical (unpaired) electrons. The molecule has 196 valence electrons. The number of nitrogens with two attached hydrogens (primary N) is 1. The van der Waals surface area contributed by atoms with Gasteiger partial charge >= 0.3 is 6.03 Å². The van der Waals surface area contributed by atoms with Crippen LogP contribution in [0.4, 0.5) is 4.79 Å². The van der Waals surface area contributed by atoms with E-state index in [4.69, 9.17) is 5.73 Å². The third-order valence-electron chi connectivity index (χ3n) is 8.96. The lowest BCUT2D eigenvalue weighted by Gasteiger charge is -2.51. The number of amides is 3. The molecule has 2 N–H and O–H groups in total. The van der Waals surface area contributed by atoms with Crippen molar-refractivity contribution >= 4 is 34.8 Å². The monoisotopic (exact) mass is 596 g/mol. The minimum absolute atomic E-state index is 0.0147. The van der Waals surface area contributed by atoms with Crippen molar-refractivity contribution in [3.8, 4) is 0 Å². The van der Waals surface area contributed by atoms with Gasteiger partial charge in [0, 0.05) is 25.2 Å². The van der Waals surface area contributed by atoms with E-state index >= 15 is 0 Å². The Kier molecular flexibility index (Phi) is 9.16. The highest BCUT2D eigenvalue weighted by Crippen LogP contribution is 2.50. The third kappa shape index (κ3) is 6.32. The molecule has 2 fully saturated rings. The molecule has 2 aliphatic rings. The molecule has 0 saturated heterocycles. The van der Waals surface area contributed by atoms with Gasteiger partial charge in [-0.3, -0.25) is 12.8 Å². The third-order valence-corrected chi connectivity index (χ3v) is 9.76. The van der Waals surface area contributed by atoms with Crippen LogP contribution in [0.15, 0.2) is 30.3 Å². The SMILES string of the molecule is CC[C@]1(CN(CC(C)(C)C(N)=O)C(=O)N(I)CC2CCC2)CC[C@](c2ccccc2)(N(C)C)CC1. The molecule has 1 aromatic rings. The maximum Gasteiger partial charge on any atom is 0.328 e. The second-order valence-electron chi connectivity index (χ2n) is 11.9. The fourth-order valence-electron chi connectivity index (χ4n) is 5.84. The summed E-state index contributed by atoms with van der Waals surface area (Å²) >= 11 is 2.18. The van der Waals surface area contributed by atoms with E-state index in [0.29, 0.717) is 19.0 Å². The molecule has 0 aliphatic heterocycles. The first-order valence-corrected chi connectivity index (χ1v) is 14.2. The molecule has 1 aromatic carbocycles. The zero-order chi connectivity index (χ0) is 25.9. The maximum absolute atomic E-state index is 13.7. The predicted molar refractivity (Wildman–Crippen MR) is 151 cm³/mol. The smallest absolute Gasteiger partial charge is 0.328 e. The summed E-state index contributed by atoms with van der Waals surface area (Å²) in [6, 6.07) is 10.9. The Balaban J connectivity index is 1.81. The number of hydrogen-bond donors (Lipinski definition) is 1. The van der Waals surface area contributed by atoms with Gasteiger partial charge in [-0.05, 0) is 89.8 Å². The second-order valence-corrected chi connectivity index (χ2v) is 13.0. The summed E-state index contributed by atoms with van der Waals surface area (Å²) < 4.78 is 1.85. The van der Waals surface area contributed by atoms with E-state index in [1.807, 2.05) is 21.9 Å². The van der Waals surface area contributed by atoms with Crippen LogP contribution in [0, 0.1) is 16.7 Å². The van der Waals surface area contributed by atoms with E-state index in [1.165, 1.54) is 24.8 Å². The van der Waals surface area contributed by atoms with Crippen LogP contribution in [0.25, 0.3) is 0 Å². The van der Waals surface area contributed by atoms with E-state index in [1.54, 1.807) is 0 Å². The first-order valence-electron chi connectivity index (χ1n) is 13.2. The lowest BCUT2D eigenvalue weighted by atomic mass is 9.63. The normalized spacial score (nSPS) is 25.2. The summed E-state index contributed by atoms with van der Waals surface area (Å²) in [6.45, 7) is 7.76. The molecule has 0 unspecified atom stereocenters. The van der Waals surface area contributed by atoms with Crippen molar-refractivity contribution in [1.29, 1.82) is 0 Å². The molecule has 0 spiro atoms. The first-order chi connectivity index (χ1) is 16.4. The largest absolute Gasteiger partial charge is 0.369 e. The topological polar surface area (TPSA) is 69.9 Å². The van der Waals surface area contributed by atoms with Crippen LogP contribution in [0.1, 0.15) is 77.7 Å². The molecule has 0 atom stereocenters. The van der Waals surface area contributed by atoms with Gasteiger partial charge in [0.15, 0.2) is 0 Å². The Morgan fingerprint density at radius 3 is 2.14 bits per heavy atom. The van der Waals surface area contributed by atoms with Gasteiger partial charge in [0.05, 0.1) is 28.3 Å². The van der Waals surface area contributed by atoms with Crippen molar-refractivity contribution in [3.05, 3.63) is 35.9 Å². The number of nitrogens with zero attached hydrogens (tertiary/aromatic N) is 3. The van der Waals surface area contributed by atoms with E-state index in [0.717, 1.165) is 38.6 Å². The molecule has 7 heteroatoms. The number of primary amides is 1. The molecule has 35 heavy (non-hydrogen) atoms. The van der Waals surface area contributed by atoms with E-state index < -0.39 is 5.41 Å². The Morgan fingerprint density at radius 2 is 1.69 bits per heavy atom. The number of halogens is 1. The summed E-state index contributed by atoms with van der Waals surface area (Å²) in [6.07, 6.45) is 8.85. The van der Waals surface area contributed by atoms with Crippen molar-refractivity contribution in [2.75, 3.05) is 33.7 Å². The van der Waals surface area contributed by atoms with Crippen molar-refractivity contribution in [2.24, 2.45) is 22.5 Å². The summed E-state index contributed by atoms with van der Waals surface area (Å²) in [5.74, 6) is 0.238. The molecular weight excluding hydrogens is 551 g/mol. The number of urea groups is 1. The number of hydrogen-bond acceptors (Lipinski definition) is 3. The lowest BCUT2D eigenvalue weighted by Crippen LogP contribution is -2.54. The summed E-state index contributed by atoms with van der Waals surface area (Å²) in [7, 11) is 4.37. The quantitative estimate of drug-likeness (QED) is 0.274. The fraction of sp³-hybridized carbons (Fsp3) is 0.714. The van der Waals surface area contributed by atoms with Gasteiger partial charge < -0.3 is 10.6 Å². The van der Waals surface area contributed by atoms with E-state index in [-0.39, 0.29) is 22.9 Å². The predicted octanol–water partition coefficient (Wildman–Crippen LogP) is 5.80. The standard InChI is InChI=1S/C28H45IN4O2/c1-6-27(15-17-28(18-16-27,31(4)5)23-13-8-7-9-14-23)21-32(20-26(2,3)24(30)34)25(35)33(29)19-22-11-10-12-22/h7-9,13-14,22H,6,10-12,15-21H2,1-5H3,(H2,30,34)/t27-,28-. The van der Waals surface area contributed by atoms with Gasteiger partial charge in [0.1, 0.15) is 0 Å². The van der Waals surface area contributed by atoms with Crippen molar-refractivity contribution in [1.82, 2.24) is 12.9 Å². The zero-order valence-electron chi connectivity index (χ0n) is 22.4. The van der Waals surface area contributed by atoms with E-state index in [9.17, 15) is 9.59 Å². The van der Waals surface area contributed by atoms with Gasteiger partial charge in [-0.1, -0.05) is 43.7 Å². The van der Waals surface area contributed by atoms with Gasteiger partial charge in [-0.25, -0.2) is 4.79 Å². The fourth-order valence-corrected chi connectivity index (χ4v) is 6.71. The second kappa shape index (κ2) is 11.4. The molecule has 6 nitrogen and oxygen atoms in total. The van der Waals surface area contributed by atoms with Gasteiger partial charge in [-0.15, -0.1) is 0 Å². The van der Waals surface area contributed by atoms with Crippen molar-refractivity contribution in [3.63, 3.8) is 0 Å². The zero-order valence-corrected chi connectivity index (χ0v) is 24.5. The van der Waals surface area contributed by atoms with E-state index in [2.05, 4.69) is 79.1 Å². The van der Waals surface area contributed by atoms with Crippen molar-refractivity contribution < 1.29 is 9.59 Å². The van der Waals surface area contributed by atoms with Crippen LogP contribution in [-0.2, 0) is 10.3 Å². The summed E-state index contributed by atoms with van der Waals surface area (Å²) in [4.78, 5) is 30.2. The van der Waals surface area contributed by atoms with Gasteiger partial charge in [-0.2, -0.15) is 0 Å². The van der Waals surface area contributed by atoms with Crippen LogP contribution in [0.3, 0.4) is 0 Å². The molecule has 3 amide bonds. The van der Waals surface area contributed by atoms with Gasteiger partial charge in [0.25, 0.3) is 0 Å². The highest BCUT2D eigenvalue weighted by molar-refractivity contribution is 14.1. The molecule has 0 heterocycles. The Labute approximate surface area is 226 Å². The molecule has 2 saturated carbocycles.